The van der Waals surface area contributed by atoms with Crippen LogP contribution >= 0.6 is 0 Å². The van der Waals surface area contributed by atoms with Crippen molar-refractivity contribution in [3.05, 3.63) is 47.5 Å². The number of anilines is 2. The van der Waals surface area contributed by atoms with Crippen molar-refractivity contribution in [3.63, 3.8) is 0 Å². The van der Waals surface area contributed by atoms with Gasteiger partial charge in [-0.25, -0.2) is 18.0 Å². The second kappa shape index (κ2) is 9.73. The lowest BCUT2D eigenvalue weighted by Crippen LogP contribution is -2.42. The van der Waals surface area contributed by atoms with Crippen LogP contribution in [0.3, 0.4) is 0 Å². The molecule has 1 saturated heterocycles. The number of ether oxygens (including phenoxy) is 1. The smallest absolute Gasteiger partial charge is 0.414 e. The molecule has 3 N–H and O–H groups in total. The first-order valence-corrected chi connectivity index (χ1v) is 10.4. The van der Waals surface area contributed by atoms with Crippen LogP contribution in [-0.4, -0.2) is 77.3 Å². The van der Waals surface area contributed by atoms with Gasteiger partial charge in [0.25, 0.3) is 5.91 Å². The summed E-state index contributed by atoms with van der Waals surface area (Å²) in [6.07, 6.45) is -0.581. The van der Waals surface area contributed by atoms with Gasteiger partial charge in [-0.2, -0.15) is 0 Å². The topological polar surface area (TPSA) is 128 Å². The molecule has 2 aromatic rings. The molecule has 2 amide bonds. The maximum Gasteiger partial charge on any atom is 0.414 e. The number of carbonyl (C=O) groups excluding carboxylic acids is 2. The second-order valence-corrected chi connectivity index (χ2v) is 7.72. The molecule has 1 aromatic heterocycles. The van der Waals surface area contributed by atoms with E-state index in [1.165, 1.54) is 17.2 Å². The van der Waals surface area contributed by atoms with Gasteiger partial charge < -0.3 is 29.7 Å². The number of aromatic nitrogens is 1. The summed E-state index contributed by atoms with van der Waals surface area (Å²) in [6, 6.07) is 2.28. The molecule has 2 aliphatic heterocycles. The van der Waals surface area contributed by atoms with Gasteiger partial charge in [0.1, 0.15) is 18.2 Å². The number of aliphatic hydroxyl groups excluding tert-OH is 2. The van der Waals surface area contributed by atoms with Gasteiger partial charge in [-0.1, -0.05) is 11.2 Å². The predicted molar refractivity (Wildman–Crippen MR) is 111 cm³/mol. The number of aliphatic hydroxyl groups is 2. The highest BCUT2D eigenvalue weighted by atomic mass is 19.2. The summed E-state index contributed by atoms with van der Waals surface area (Å²) in [4.78, 5) is 26.2. The maximum atomic E-state index is 14.9. The third-order valence-electron chi connectivity index (χ3n) is 5.55. The zero-order valence-corrected chi connectivity index (χ0v) is 17.7. The summed E-state index contributed by atoms with van der Waals surface area (Å²) < 4.78 is 54.6. The van der Waals surface area contributed by atoms with Gasteiger partial charge in [-0.15, -0.1) is 0 Å². The average Bonchev–Trinajstić information content (AvgIpc) is 3.49. The van der Waals surface area contributed by atoms with Gasteiger partial charge in [0.2, 0.25) is 0 Å². The zero-order valence-electron chi connectivity index (χ0n) is 17.7. The SMILES string of the molecule is O=C([C@@H](O)CO)N1CC=C(c2c(F)cc(N3C[C@H](CNc4ccon4)OC3=O)c(F)c2F)CC1. The van der Waals surface area contributed by atoms with E-state index in [9.17, 15) is 27.9 Å². The number of benzene rings is 1. The Morgan fingerprint density at radius 2 is 2.12 bits per heavy atom. The molecule has 182 valence electrons. The molecule has 3 heterocycles. The Morgan fingerprint density at radius 3 is 2.76 bits per heavy atom. The molecular formula is C21H21F3N4O6. The fourth-order valence-corrected chi connectivity index (χ4v) is 3.81. The van der Waals surface area contributed by atoms with Crippen molar-refractivity contribution in [1.82, 2.24) is 10.1 Å². The van der Waals surface area contributed by atoms with E-state index in [-0.39, 0.29) is 38.2 Å². The zero-order chi connectivity index (χ0) is 24.4. The van der Waals surface area contributed by atoms with Gasteiger partial charge in [-0.05, 0) is 12.0 Å². The van der Waals surface area contributed by atoms with E-state index in [1.54, 1.807) is 6.07 Å². The molecule has 0 spiro atoms. The normalized spacial score (nSPS) is 19.1. The molecular weight excluding hydrogens is 461 g/mol. The number of hydrogen-bond acceptors (Lipinski definition) is 8. The minimum atomic E-state index is -1.59. The first-order chi connectivity index (χ1) is 16.3. The van der Waals surface area contributed by atoms with Gasteiger partial charge >= 0.3 is 6.09 Å². The number of nitrogens with zero attached hydrogens (tertiary/aromatic N) is 3. The number of nitrogens with one attached hydrogen (secondary N) is 1. The van der Waals surface area contributed by atoms with Crippen LogP contribution < -0.4 is 10.2 Å². The van der Waals surface area contributed by atoms with E-state index in [1.807, 2.05) is 0 Å². The largest absolute Gasteiger partial charge is 0.442 e. The molecule has 0 aliphatic carbocycles. The molecule has 0 radical (unpaired) electrons. The van der Waals surface area contributed by atoms with Crippen molar-refractivity contribution in [1.29, 1.82) is 0 Å². The van der Waals surface area contributed by atoms with Gasteiger partial charge in [-0.3, -0.25) is 9.69 Å². The summed E-state index contributed by atoms with van der Waals surface area (Å²) in [5.41, 5.74) is -1.04. The Morgan fingerprint density at radius 1 is 1.32 bits per heavy atom. The van der Waals surface area contributed by atoms with E-state index in [2.05, 4.69) is 15.0 Å². The van der Waals surface area contributed by atoms with Crippen LogP contribution in [0.5, 0.6) is 0 Å². The molecule has 0 unspecified atom stereocenters. The van der Waals surface area contributed by atoms with E-state index in [4.69, 9.17) is 9.84 Å². The Hall–Kier alpha value is -3.58. The first-order valence-electron chi connectivity index (χ1n) is 10.4. The molecule has 10 nitrogen and oxygen atoms in total. The number of cyclic esters (lactones) is 1. The lowest BCUT2D eigenvalue weighted by atomic mass is 9.97. The monoisotopic (exact) mass is 482 g/mol. The lowest BCUT2D eigenvalue weighted by molar-refractivity contribution is -0.141. The lowest BCUT2D eigenvalue weighted by Gasteiger charge is -2.28. The molecule has 0 saturated carbocycles. The Kier molecular flexibility index (Phi) is 6.75. The molecule has 13 heteroatoms. The average molecular weight is 482 g/mol. The standard InChI is InChI=1S/C21H21F3N4O6/c22-13-7-14(28-9-12(34-21(28)32)8-25-16-3-6-33-26-16)18(23)19(24)17(13)11-1-4-27(5-2-11)20(31)15(30)10-29/h1,3,6-7,12,15,29-30H,2,4-5,8-10H2,(H,25,26)/t12-,15-/m0/s1. The summed E-state index contributed by atoms with van der Waals surface area (Å²) >= 11 is 0. The van der Waals surface area contributed by atoms with Crippen molar-refractivity contribution >= 4 is 29.1 Å². The molecule has 2 aliphatic rings. The number of amides is 2. The first kappa shape index (κ1) is 23.6. The Bertz CT molecular complexity index is 1110. The highest BCUT2D eigenvalue weighted by Gasteiger charge is 2.36. The van der Waals surface area contributed by atoms with Crippen molar-refractivity contribution in [2.75, 3.05) is 43.0 Å². The molecule has 34 heavy (non-hydrogen) atoms. The van der Waals surface area contributed by atoms with E-state index in [0.29, 0.717) is 5.82 Å². The number of rotatable bonds is 7. The summed E-state index contributed by atoms with van der Waals surface area (Å²) in [5.74, 6) is -4.27. The second-order valence-electron chi connectivity index (χ2n) is 7.72. The molecule has 2 atom stereocenters. The number of halogens is 3. The van der Waals surface area contributed by atoms with Crippen molar-refractivity contribution < 1.29 is 42.2 Å². The third kappa shape index (κ3) is 4.56. The Labute approximate surface area is 191 Å². The van der Waals surface area contributed by atoms with Crippen LogP contribution in [0.2, 0.25) is 0 Å². The fraction of sp³-hybridized carbons (Fsp3) is 0.381. The van der Waals surface area contributed by atoms with E-state index < -0.39 is 59.5 Å². The summed E-state index contributed by atoms with van der Waals surface area (Å²) in [7, 11) is 0. The highest BCUT2D eigenvalue weighted by Crippen LogP contribution is 2.35. The minimum Gasteiger partial charge on any atom is -0.442 e. The summed E-state index contributed by atoms with van der Waals surface area (Å²) in [5, 5.41) is 24.8. The van der Waals surface area contributed by atoms with Crippen molar-refractivity contribution in [3.8, 4) is 0 Å². The van der Waals surface area contributed by atoms with Crippen molar-refractivity contribution in [2.24, 2.45) is 0 Å². The highest BCUT2D eigenvalue weighted by molar-refractivity contribution is 5.90. The van der Waals surface area contributed by atoms with Crippen LogP contribution in [0.4, 0.5) is 29.5 Å². The molecule has 1 aromatic carbocycles. The molecule has 1 fully saturated rings. The van der Waals surface area contributed by atoms with Crippen LogP contribution in [0.1, 0.15) is 12.0 Å². The van der Waals surface area contributed by atoms with Crippen LogP contribution in [0.15, 0.2) is 29.0 Å². The van der Waals surface area contributed by atoms with Crippen LogP contribution in [-0.2, 0) is 9.53 Å². The van der Waals surface area contributed by atoms with E-state index >= 15 is 0 Å². The quantitative estimate of drug-likeness (QED) is 0.507. The number of carbonyl (C=O) groups is 2. The van der Waals surface area contributed by atoms with E-state index in [0.717, 1.165) is 11.0 Å². The third-order valence-corrected chi connectivity index (χ3v) is 5.55. The maximum absolute atomic E-state index is 14.9. The van der Waals surface area contributed by atoms with Gasteiger partial charge in [0.05, 0.1) is 30.9 Å². The van der Waals surface area contributed by atoms with Crippen LogP contribution in [0.25, 0.3) is 5.57 Å². The predicted octanol–water partition coefficient (Wildman–Crippen LogP) is 1.50. The molecule has 4 rings (SSSR count). The van der Waals surface area contributed by atoms with Crippen molar-refractivity contribution in [2.45, 2.75) is 18.6 Å². The summed E-state index contributed by atoms with van der Waals surface area (Å²) in [6.45, 7) is -0.842. The molecule has 0 bridgehead atoms. The van der Waals surface area contributed by atoms with Gasteiger partial charge in [0, 0.05) is 25.2 Å². The number of hydrogen-bond donors (Lipinski definition) is 3. The Balaban J connectivity index is 1.50. The fourth-order valence-electron chi connectivity index (χ4n) is 3.81. The van der Waals surface area contributed by atoms with Gasteiger partial charge in [0.15, 0.2) is 23.6 Å². The minimum absolute atomic E-state index is 0.00192. The van der Waals surface area contributed by atoms with Crippen LogP contribution in [0, 0.1) is 17.5 Å².